The molecule has 0 aliphatic carbocycles. The van der Waals surface area contributed by atoms with E-state index in [0.717, 1.165) is 5.56 Å². The van der Waals surface area contributed by atoms with Gasteiger partial charge in [-0.25, -0.2) is 4.98 Å². The van der Waals surface area contributed by atoms with Crippen LogP contribution in [0.3, 0.4) is 0 Å². The van der Waals surface area contributed by atoms with E-state index in [-0.39, 0.29) is 24.8 Å². The third-order valence-electron chi connectivity index (χ3n) is 3.89. The second-order valence-corrected chi connectivity index (χ2v) is 5.68. The summed E-state index contributed by atoms with van der Waals surface area (Å²) in [5.74, 6) is 1.55. The maximum absolute atomic E-state index is 12.1. The largest absolute Gasteiger partial charge is 0.463 e. The average molecular weight is 353 g/mol. The number of rotatable bonds is 5. The summed E-state index contributed by atoms with van der Waals surface area (Å²) in [4.78, 5) is 28.4. The number of benzene rings is 1. The van der Waals surface area contributed by atoms with Gasteiger partial charge in [0.15, 0.2) is 17.3 Å². The molecule has 1 aromatic carbocycles. The highest BCUT2D eigenvalue weighted by atomic mass is 16.7. The molecule has 0 unspecified atom stereocenters. The van der Waals surface area contributed by atoms with Crippen LogP contribution in [0.15, 0.2) is 58.2 Å². The lowest BCUT2D eigenvalue weighted by molar-refractivity contribution is -0.121. The summed E-state index contributed by atoms with van der Waals surface area (Å²) in [6.07, 6.45) is 2.84. The third-order valence-corrected chi connectivity index (χ3v) is 3.89. The summed E-state index contributed by atoms with van der Waals surface area (Å²) in [5, 5.41) is 2.77. The van der Waals surface area contributed by atoms with Crippen LogP contribution in [0.4, 0.5) is 0 Å². The first-order valence-electron chi connectivity index (χ1n) is 7.94. The van der Waals surface area contributed by atoms with Crippen molar-refractivity contribution in [3.63, 3.8) is 0 Å². The van der Waals surface area contributed by atoms with Crippen molar-refractivity contribution >= 4 is 5.91 Å². The average Bonchev–Trinajstić information content (AvgIpc) is 3.33. The first-order valence-corrected chi connectivity index (χ1v) is 7.94. The van der Waals surface area contributed by atoms with Crippen molar-refractivity contribution in [1.29, 1.82) is 0 Å². The number of nitrogens with zero attached hydrogens (tertiary/aromatic N) is 2. The maximum atomic E-state index is 12.1. The van der Waals surface area contributed by atoms with E-state index in [4.69, 9.17) is 13.9 Å². The normalized spacial score (nSPS) is 12.2. The molecule has 4 rings (SSSR count). The van der Waals surface area contributed by atoms with Gasteiger partial charge in [0, 0.05) is 12.6 Å². The summed E-state index contributed by atoms with van der Waals surface area (Å²) >= 11 is 0. The topological polar surface area (TPSA) is 95.6 Å². The zero-order chi connectivity index (χ0) is 17.9. The van der Waals surface area contributed by atoms with Crippen LogP contribution in [-0.4, -0.2) is 22.3 Å². The molecular formula is C18H15N3O5. The summed E-state index contributed by atoms with van der Waals surface area (Å²) in [6.45, 7) is 0.409. The van der Waals surface area contributed by atoms with Gasteiger partial charge < -0.3 is 19.2 Å². The number of carbonyl (C=O) groups excluding carboxylic acids is 1. The molecule has 0 saturated heterocycles. The Labute approximate surface area is 148 Å². The lowest BCUT2D eigenvalue weighted by Gasteiger charge is -2.08. The Balaban J connectivity index is 1.38. The van der Waals surface area contributed by atoms with Gasteiger partial charge in [-0.05, 0) is 29.8 Å². The molecule has 0 spiro atoms. The number of hydrogen-bond acceptors (Lipinski definition) is 6. The van der Waals surface area contributed by atoms with Gasteiger partial charge in [0.1, 0.15) is 12.2 Å². The predicted octanol–water partition coefficient (Wildman–Crippen LogP) is 1.55. The Morgan fingerprint density at radius 2 is 2.08 bits per heavy atom. The standard InChI is InChI=1S/C18H15N3O5/c22-17(19-8-12-3-4-15-16(6-12)26-11-25-15)9-21-10-20-13(7-18(21)23)14-2-1-5-24-14/h1-7,10H,8-9,11H2,(H,19,22). The molecular weight excluding hydrogens is 338 g/mol. The van der Waals surface area contributed by atoms with Gasteiger partial charge in [-0.2, -0.15) is 0 Å². The Hall–Kier alpha value is -3.55. The molecule has 3 aromatic rings. The molecule has 1 amide bonds. The first kappa shape index (κ1) is 15.9. The van der Waals surface area contributed by atoms with Gasteiger partial charge >= 0.3 is 0 Å². The van der Waals surface area contributed by atoms with Gasteiger partial charge in [0.2, 0.25) is 12.7 Å². The van der Waals surface area contributed by atoms with Crippen molar-refractivity contribution in [1.82, 2.24) is 14.9 Å². The van der Waals surface area contributed by atoms with Gasteiger partial charge in [-0.15, -0.1) is 0 Å². The molecule has 3 heterocycles. The van der Waals surface area contributed by atoms with E-state index in [1.807, 2.05) is 12.1 Å². The van der Waals surface area contributed by atoms with Gasteiger partial charge in [0.05, 0.1) is 12.6 Å². The molecule has 8 heteroatoms. The van der Waals surface area contributed by atoms with E-state index in [9.17, 15) is 9.59 Å². The van der Waals surface area contributed by atoms with Crippen molar-refractivity contribution in [3.8, 4) is 23.0 Å². The molecule has 1 aliphatic rings. The van der Waals surface area contributed by atoms with Gasteiger partial charge in [0.25, 0.3) is 5.56 Å². The Kier molecular flexibility index (Phi) is 4.14. The third kappa shape index (κ3) is 3.30. The SMILES string of the molecule is O=C(Cn1cnc(-c2ccco2)cc1=O)NCc1ccc2c(c1)OCO2. The van der Waals surface area contributed by atoms with E-state index >= 15 is 0 Å². The van der Waals surface area contributed by atoms with E-state index in [1.165, 1.54) is 23.2 Å². The number of fused-ring (bicyclic) bond motifs is 1. The second kappa shape index (κ2) is 6.75. The lowest BCUT2D eigenvalue weighted by atomic mass is 10.2. The molecule has 0 saturated carbocycles. The van der Waals surface area contributed by atoms with Crippen molar-refractivity contribution < 1.29 is 18.7 Å². The predicted molar refractivity (Wildman–Crippen MR) is 90.6 cm³/mol. The molecule has 2 aromatic heterocycles. The van der Waals surface area contributed by atoms with Crippen molar-refractivity contribution in [2.75, 3.05) is 6.79 Å². The van der Waals surface area contributed by atoms with Gasteiger partial charge in [-0.3, -0.25) is 14.2 Å². The van der Waals surface area contributed by atoms with Crippen LogP contribution in [0.2, 0.25) is 0 Å². The molecule has 1 aliphatic heterocycles. The Morgan fingerprint density at radius 1 is 1.19 bits per heavy atom. The lowest BCUT2D eigenvalue weighted by Crippen LogP contribution is -2.31. The molecule has 0 radical (unpaired) electrons. The minimum Gasteiger partial charge on any atom is -0.463 e. The maximum Gasteiger partial charge on any atom is 0.254 e. The monoisotopic (exact) mass is 353 g/mol. The van der Waals surface area contributed by atoms with E-state index in [2.05, 4.69) is 10.3 Å². The Morgan fingerprint density at radius 3 is 2.88 bits per heavy atom. The van der Waals surface area contributed by atoms with Crippen LogP contribution in [0.5, 0.6) is 11.5 Å². The highest BCUT2D eigenvalue weighted by Gasteiger charge is 2.14. The van der Waals surface area contributed by atoms with Crippen molar-refractivity contribution in [3.05, 3.63) is 64.9 Å². The summed E-state index contributed by atoms with van der Waals surface area (Å²) < 4.78 is 17.0. The van der Waals surface area contributed by atoms with E-state index in [0.29, 0.717) is 29.5 Å². The zero-order valence-electron chi connectivity index (χ0n) is 13.7. The smallest absolute Gasteiger partial charge is 0.254 e. The fourth-order valence-corrected chi connectivity index (χ4v) is 2.57. The number of aromatic nitrogens is 2. The number of furan rings is 1. The van der Waals surface area contributed by atoms with Crippen LogP contribution < -0.4 is 20.3 Å². The zero-order valence-corrected chi connectivity index (χ0v) is 13.7. The molecule has 0 fully saturated rings. The molecule has 1 N–H and O–H groups in total. The van der Waals surface area contributed by atoms with E-state index < -0.39 is 0 Å². The molecule has 8 nitrogen and oxygen atoms in total. The Bertz CT molecular complexity index is 994. The molecule has 132 valence electrons. The van der Waals surface area contributed by atoms with Crippen LogP contribution >= 0.6 is 0 Å². The highest BCUT2D eigenvalue weighted by Crippen LogP contribution is 2.32. The molecule has 0 atom stereocenters. The minimum absolute atomic E-state index is 0.116. The quantitative estimate of drug-likeness (QED) is 0.748. The van der Waals surface area contributed by atoms with Crippen LogP contribution in [-0.2, 0) is 17.9 Å². The second-order valence-electron chi connectivity index (χ2n) is 5.68. The van der Waals surface area contributed by atoms with Crippen LogP contribution in [0.25, 0.3) is 11.5 Å². The minimum atomic E-state index is -0.329. The fraction of sp³-hybridized carbons (Fsp3) is 0.167. The highest BCUT2D eigenvalue weighted by molar-refractivity contribution is 5.75. The number of ether oxygens (including phenoxy) is 2. The fourth-order valence-electron chi connectivity index (χ4n) is 2.57. The van der Waals surface area contributed by atoms with Gasteiger partial charge in [-0.1, -0.05) is 6.07 Å². The van der Waals surface area contributed by atoms with Crippen molar-refractivity contribution in [2.24, 2.45) is 0 Å². The van der Waals surface area contributed by atoms with Crippen LogP contribution in [0.1, 0.15) is 5.56 Å². The number of hydrogen-bond donors (Lipinski definition) is 1. The number of carbonyl (C=O) groups is 1. The van der Waals surface area contributed by atoms with Crippen LogP contribution in [0, 0.1) is 0 Å². The number of amides is 1. The molecule has 0 bridgehead atoms. The summed E-state index contributed by atoms with van der Waals surface area (Å²) in [6, 6.07) is 10.2. The number of nitrogens with one attached hydrogen (secondary N) is 1. The summed E-state index contributed by atoms with van der Waals surface area (Å²) in [7, 11) is 0. The van der Waals surface area contributed by atoms with Crippen molar-refractivity contribution in [2.45, 2.75) is 13.1 Å². The van der Waals surface area contributed by atoms with E-state index in [1.54, 1.807) is 18.2 Å². The first-order chi connectivity index (χ1) is 12.7. The summed E-state index contributed by atoms with van der Waals surface area (Å²) in [5.41, 5.74) is 0.975. The molecule has 26 heavy (non-hydrogen) atoms.